The van der Waals surface area contributed by atoms with Crippen LogP contribution in [0.3, 0.4) is 0 Å². The van der Waals surface area contributed by atoms with E-state index in [4.69, 9.17) is 0 Å². The predicted molar refractivity (Wildman–Crippen MR) is 87.3 cm³/mol. The maximum Gasteiger partial charge on any atom is 0.122 e. The van der Waals surface area contributed by atoms with Crippen LogP contribution in [0.2, 0.25) is 0 Å². The molecule has 0 saturated carbocycles. The summed E-state index contributed by atoms with van der Waals surface area (Å²) in [6.07, 6.45) is 3.85. The first-order valence-corrected chi connectivity index (χ1v) is 7.40. The first kappa shape index (κ1) is 15.7. The monoisotopic (exact) mass is 286 g/mol. The largest absolute Gasteiger partial charge is 0.337 e. The smallest absolute Gasteiger partial charge is 0.122 e. The standard InChI is InChI=1S/C17H26N4/c1-17(13-18-2,15-8-6-5-7-9-15)14-20(3)12-16-19-10-11-21(16)4/h5-11,18H,12-14H2,1-4H3. The summed E-state index contributed by atoms with van der Waals surface area (Å²) in [4.78, 5) is 6.75. The molecule has 4 nitrogen and oxygen atoms in total. The van der Waals surface area contributed by atoms with Gasteiger partial charge in [0.15, 0.2) is 0 Å². The SMILES string of the molecule is CNCC(C)(CN(C)Cc1nccn1C)c1ccccc1. The van der Waals surface area contributed by atoms with Crippen LogP contribution in [-0.2, 0) is 19.0 Å². The summed E-state index contributed by atoms with van der Waals surface area (Å²) < 4.78 is 2.08. The second-order valence-corrected chi connectivity index (χ2v) is 6.08. The van der Waals surface area contributed by atoms with Crippen molar-refractivity contribution in [2.24, 2.45) is 7.05 Å². The highest BCUT2D eigenvalue weighted by Crippen LogP contribution is 2.24. The number of aromatic nitrogens is 2. The van der Waals surface area contributed by atoms with Gasteiger partial charge in [-0.05, 0) is 19.7 Å². The van der Waals surface area contributed by atoms with Crippen molar-refractivity contribution in [1.29, 1.82) is 0 Å². The highest BCUT2D eigenvalue weighted by Gasteiger charge is 2.27. The molecule has 21 heavy (non-hydrogen) atoms. The summed E-state index contributed by atoms with van der Waals surface area (Å²) in [7, 11) is 6.21. The molecule has 0 aliphatic rings. The Morgan fingerprint density at radius 2 is 2.00 bits per heavy atom. The zero-order valence-corrected chi connectivity index (χ0v) is 13.5. The van der Waals surface area contributed by atoms with Crippen LogP contribution in [0.15, 0.2) is 42.7 Å². The molecule has 1 atom stereocenters. The zero-order chi connectivity index (χ0) is 15.3. The Hall–Kier alpha value is -1.65. The molecule has 0 amide bonds. The lowest BCUT2D eigenvalue weighted by atomic mass is 9.82. The molecule has 0 fully saturated rings. The van der Waals surface area contributed by atoms with Gasteiger partial charge >= 0.3 is 0 Å². The number of imidazole rings is 1. The Labute approximate surface area is 127 Å². The molecule has 114 valence electrons. The molecule has 1 unspecified atom stereocenters. The number of hydrogen-bond donors (Lipinski definition) is 1. The van der Waals surface area contributed by atoms with Crippen molar-refractivity contribution in [3.8, 4) is 0 Å². The van der Waals surface area contributed by atoms with Crippen LogP contribution in [0.4, 0.5) is 0 Å². The maximum atomic E-state index is 4.41. The molecule has 1 aromatic heterocycles. The second-order valence-electron chi connectivity index (χ2n) is 6.08. The first-order chi connectivity index (χ1) is 10.0. The Kier molecular flexibility index (Phi) is 5.15. The van der Waals surface area contributed by atoms with Crippen molar-refractivity contribution < 1.29 is 0 Å². The Balaban J connectivity index is 2.10. The van der Waals surface area contributed by atoms with Crippen LogP contribution < -0.4 is 5.32 Å². The summed E-state index contributed by atoms with van der Waals surface area (Å²) in [5.41, 5.74) is 1.45. The number of hydrogen-bond acceptors (Lipinski definition) is 3. The molecule has 2 aromatic rings. The molecule has 4 heteroatoms. The predicted octanol–water partition coefficient (Wildman–Crippen LogP) is 2.03. The van der Waals surface area contributed by atoms with Gasteiger partial charge in [-0.2, -0.15) is 0 Å². The fourth-order valence-corrected chi connectivity index (χ4v) is 2.92. The first-order valence-electron chi connectivity index (χ1n) is 7.40. The van der Waals surface area contributed by atoms with E-state index in [1.54, 1.807) is 0 Å². The van der Waals surface area contributed by atoms with E-state index in [1.807, 2.05) is 26.5 Å². The molecule has 2 rings (SSSR count). The average molecular weight is 286 g/mol. The van der Waals surface area contributed by atoms with Crippen LogP contribution in [0, 0.1) is 0 Å². The number of aryl methyl sites for hydroxylation is 1. The summed E-state index contributed by atoms with van der Waals surface area (Å²) in [5, 5.41) is 3.33. The lowest BCUT2D eigenvalue weighted by Gasteiger charge is -2.34. The molecule has 0 radical (unpaired) electrons. The van der Waals surface area contributed by atoms with Crippen LogP contribution in [-0.4, -0.2) is 41.6 Å². The van der Waals surface area contributed by atoms with Crippen molar-refractivity contribution in [2.45, 2.75) is 18.9 Å². The average Bonchev–Trinajstić information content (AvgIpc) is 2.85. The normalized spacial score (nSPS) is 14.3. The quantitative estimate of drug-likeness (QED) is 0.845. The van der Waals surface area contributed by atoms with Crippen LogP contribution >= 0.6 is 0 Å². The fraction of sp³-hybridized carbons (Fsp3) is 0.471. The summed E-state index contributed by atoms with van der Waals surface area (Å²) in [6, 6.07) is 10.7. The van der Waals surface area contributed by atoms with Crippen LogP contribution in [0.25, 0.3) is 0 Å². The molecule has 0 aliphatic carbocycles. The molecule has 0 aliphatic heterocycles. The zero-order valence-electron chi connectivity index (χ0n) is 13.5. The van der Waals surface area contributed by atoms with Gasteiger partial charge in [-0.15, -0.1) is 0 Å². The number of nitrogens with zero attached hydrogens (tertiary/aromatic N) is 3. The lowest BCUT2D eigenvalue weighted by Crippen LogP contribution is -2.43. The van der Waals surface area contributed by atoms with Gasteiger partial charge in [0.05, 0.1) is 6.54 Å². The Morgan fingerprint density at radius 3 is 2.57 bits per heavy atom. The van der Waals surface area contributed by atoms with E-state index in [0.717, 1.165) is 25.5 Å². The van der Waals surface area contributed by atoms with Crippen LogP contribution in [0.5, 0.6) is 0 Å². The van der Waals surface area contributed by atoms with Gasteiger partial charge in [0.1, 0.15) is 5.82 Å². The van der Waals surface area contributed by atoms with E-state index in [0.29, 0.717) is 0 Å². The second kappa shape index (κ2) is 6.87. The molecule has 1 aromatic carbocycles. The summed E-state index contributed by atoms with van der Waals surface area (Å²) >= 11 is 0. The number of nitrogens with one attached hydrogen (secondary N) is 1. The van der Waals surface area contributed by atoms with Gasteiger partial charge in [-0.3, -0.25) is 4.90 Å². The van der Waals surface area contributed by atoms with Gasteiger partial charge in [0, 0.05) is 37.9 Å². The number of rotatable bonds is 7. The fourth-order valence-electron chi connectivity index (χ4n) is 2.92. The van der Waals surface area contributed by atoms with Gasteiger partial charge < -0.3 is 9.88 Å². The molecule has 0 saturated heterocycles. The molecule has 1 N–H and O–H groups in total. The third-order valence-electron chi connectivity index (χ3n) is 3.99. The van der Waals surface area contributed by atoms with E-state index in [9.17, 15) is 0 Å². The van der Waals surface area contributed by atoms with Crippen molar-refractivity contribution >= 4 is 0 Å². The lowest BCUT2D eigenvalue weighted by molar-refractivity contribution is 0.239. The Bertz CT molecular complexity index is 549. The molecular weight excluding hydrogens is 260 g/mol. The van der Waals surface area contributed by atoms with Crippen molar-refractivity contribution in [3.05, 3.63) is 54.1 Å². The third kappa shape index (κ3) is 3.93. The van der Waals surface area contributed by atoms with Crippen LogP contribution in [0.1, 0.15) is 18.3 Å². The van der Waals surface area contributed by atoms with Gasteiger partial charge in [-0.25, -0.2) is 4.98 Å². The van der Waals surface area contributed by atoms with Crippen molar-refractivity contribution in [1.82, 2.24) is 19.8 Å². The topological polar surface area (TPSA) is 33.1 Å². The minimum absolute atomic E-state index is 0.0793. The number of likely N-dealkylation sites (N-methyl/N-ethyl adjacent to an activating group) is 2. The maximum absolute atomic E-state index is 4.41. The van der Waals surface area contributed by atoms with Crippen molar-refractivity contribution in [3.63, 3.8) is 0 Å². The van der Waals surface area contributed by atoms with E-state index < -0.39 is 0 Å². The minimum atomic E-state index is 0.0793. The van der Waals surface area contributed by atoms with Gasteiger partial charge in [0.25, 0.3) is 0 Å². The van der Waals surface area contributed by atoms with Gasteiger partial charge in [-0.1, -0.05) is 37.3 Å². The Morgan fingerprint density at radius 1 is 1.29 bits per heavy atom. The van der Waals surface area contributed by atoms with Gasteiger partial charge in [0.2, 0.25) is 0 Å². The van der Waals surface area contributed by atoms with E-state index in [1.165, 1.54) is 5.56 Å². The van der Waals surface area contributed by atoms with E-state index in [2.05, 4.69) is 64.1 Å². The van der Waals surface area contributed by atoms with Crippen molar-refractivity contribution in [2.75, 3.05) is 27.2 Å². The highest BCUT2D eigenvalue weighted by atomic mass is 15.2. The van der Waals surface area contributed by atoms with E-state index in [-0.39, 0.29) is 5.41 Å². The molecular formula is C17H26N4. The minimum Gasteiger partial charge on any atom is -0.337 e. The molecule has 0 bridgehead atoms. The number of benzene rings is 1. The third-order valence-corrected chi connectivity index (χ3v) is 3.99. The molecule has 1 heterocycles. The molecule has 0 spiro atoms. The highest BCUT2D eigenvalue weighted by molar-refractivity contribution is 5.25. The van der Waals surface area contributed by atoms with E-state index >= 15 is 0 Å². The summed E-state index contributed by atoms with van der Waals surface area (Å²) in [6.45, 7) is 5.09. The summed E-state index contributed by atoms with van der Waals surface area (Å²) in [5.74, 6) is 1.09.